The molecule has 13 heteroatoms. The van der Waals surface area contributed by atoms with Crippen LogP contribution in [0.25, 0.3) is 0 Å². The Kier molecular flexibility index (Phi) is 10.6. The van der Waals surface area contributed by atoms with Crippen molar-refractivity contribution in [3.8, 4) is 0 Å². The highest BCUT2D eigenvalue weighted by Crippen LogP contribution is 2.18. The van der Waals surface area contributed by atoms with E-state index in [2.05, 4.69) is 25.3 Å². The van der Waals surface area contributed by atoms with E-state index in [1.165, 1.54) is 7.11 Å². The predicted molar refractivity (Wildman–Crippen MR) is 142 cm³/mol. The van der Waals surface area contributed by atoms with Gasteiger partial charge in [-0.2, -0.15) is 0 Å². The number of rotatable bonds is 8. The Labute approximate surface area is 226 Å². The summed E-state index contributed by atoms with van der Waals surface area (Å²) >= 11 is 2.20. The monoisotopic (exact) mass is 552 g/mol. The highest BCUT2D eigenvalue weighted by molar-refractivity contribution is 7.16. The van der Waals surface area contributed by atoms with Gasteiger partial charge in [0.05, 0.1) is 21.7 Å². The number of nitrogens with one attached hydrogen (secondary N) is 3. The van der Waals surface area contributed by atoms with Crippen molar-refractivity contribution in [3.05, 3.63) is 104 Å². The molecule has 0 aliphatic heterocycles. The molecule has 38 heavy (non-hydrogen) atoms. The van der Waals surface area contributed by atoms with Crippen LogP contribution in [0.3, 0.4) is 0 Å². The summed E-state index contributed by atoms with van der Waals surface area (Å²) in [6.45, 7) is 0.793. The van der Waals surface area contributed by atoms with Gasteiger partial charge in [0.1, 0.15) is 4.88 Å². The van der Waals surface area contributed by atoms with E-state index in [1.807, 2.05) is 23.6 Å². The molecule has 5 N–H and O–H groups in total. The maximum atomic E-state index is 11.9. The number of aromatic nitrogens is 2. The molecule has 11 nitrogen and oxygen atoms in total. The van der Waals surface area contributed by atoms with E-state index in [0.29, 0.717) is 32.6 Å². The smallest absolute Gasteiger partial charge is 0.348 e. The standard InChI is InChI=1S/C13H12N2O3S.C12H12N4O2S/c1-18-13(17)11-5-4-10(19-11)12(16)15-8-9-3-2-6-14-7-9;13-16-12(18)10-4-3-9(19-10)11(17)15-7-8-2-1-5-14-6-8/h2-7H,8H2,1H3,(H,15,16);1-6H,7,13H2,(H,15,17)(H,16,18). The Morgan fingerprint density at radius 3 is 1.61 bits per heavy atom. The van der Waals surface area contributed by atoms with Gasteiger partial charge in [-0.05, 0) is 47.5 Å². The average molecular weight is 553 g/mol. The number of hydrogen-bond acceptors (Lipinski definition) is 10. The molecule has 0 bridgehead atoms. The Bertz CT molecular complexity index is 1270. The molecule has 0 aromatic carbocycles. The lowest BCUT2D eigenvalue weighted by Crippen LogP contribution is -2.29. The van der Waals surface area contributed by atoms with E-state index in [4.69, 9.17) is 5.84 Å². The van der Waals surface area contributed by atoms with Gasteiger partial charge in [0.2, 0.25) is 0 Å². The van der Waals surface area contributed by atoms with Gasteiger partial charge in [0, 0.05) is 37.9 Å². The minimum absolute atomic E-state index is 0.219. The highest BCUT2D eigenvalue weighted by atomic mass is 32.1. The fourth-order valence-electron chi connectivity index (χ4n) is 2.87. The second-order valence-electron chi connectivity index (χ2n) is 7.38. The number of nitrogen functional groups attached to an aromatic ring is 1. The lowest BCUT2D eigenvalue weighted by atomic mass is 10.3. The van der Waals surface area contributed by atoms with Crippen LogP contribution < -0.4 is 21.9 Å². The molecule has 196 valence electrons. The van der Waals surface area contributed by atoms with Gasteiger partial charge in [0.15, 0.2) is 0 Å². The molecule has 0 saturated carbocycles. The number of pyridine rings is 2. The molecule has 0 spiro atoms. The number of carbonyl (C=O) groups excluding carboxylic acids is 4. The van der Waals surface area contributed by atoms with Gasteiger partial charge in [0.25, 0.3) is 17.7 Å². The maximum absolute atomic E-state index is 11.9. The molecule has 0 atom stereocenters. The average Bonchev–Trinajstić information content (AvgIpc) is 3.66. The number of nitrogens with two attached hydrogens (primary N) is 1. The van der Waals surface area contributed by atoms with Crippen LogP contribution in [0.5, 0.6) is 0 Å². The molecular formula is C25H24N6O5S2. The van der Waals surface area contributed by atoms with Gasteiger partial charge in [-0.15, -0.1) is 22.7 Å². The summed E-state index contributed by atoms with van der Waals surface area (Å²) in [6.07, 6.45) is 6.71. The van der Waals surface area contributed by atoms with Crippen molar-refractivity contribution < 1.29 is 23.9 Å². The number of esters is 1. The molecule has 4 heterocycles. The minimum Gasteiger partial charge on any atom is -0.465 e. The van der Waals surface area contributed by atoms with Crippen molar-refractivity contribution in [2.75, 3.05) is 7.11 Å². The molecule has 4 aromatic heterocycles. The Morgan fingerprint density at radius 2 is 1.18 bits per heavy atom. The summed E-state index contributed by atoms with van der Waals surface area (Å²) in [5, 5.41) is 5.52. The second kappa shape index (κ2) is 14.3. The summed E-state index contributed by atoms with van der Waals surface area (Å²) in [4.78, 5) is 55.9. The van der Waals surface area contributed by atoms with Gasteiger partial charge >= 0.3 is 5.97 Å². The number of carbonyl (C=O) groups is 4. The van der Waals surface area contributed by atoms with Crippen molar-refractivity contribution >= 4 is 46.4 Å². The summed E-state index contributed by atoms with van der Waals surface area (Å²) in [6, 6.07) is 13.7. The third kappa shape index (κ3) is 8.30. The number of amides is 3. The van der Waals surface area contributed by atoms with Crippen LogP contribution in [0.2, 0.25) is 0 Å². The number of thiophene rings is 2. The van der Waals surface area contributed by atoms with Crippen molar-refractivity contribution in [1.82, 2.24) is 26.0 Å². The van der Waals surface area contributed by atoms with Gasteiger partial charge in [-0.1, -0.05) is 12.1 Å². The first-order valence-electron chi connectivity index (χ1n) is 11.0. The third-order valence-corrected chi connectivity index (χ3v) is 6.90. The summed E-state index contributed by atoms with van der Waals surface area (Å²) < 4.78 is 4.59. The first-order valence-corrected chi connectivity index (χ1v) is 12.7. The molecule has 0 aliphatic rings. The van der Waals surface area contributed by atoms with Crippen molar-refractivity contribution in [3.63, 3.8) is 0 Å². The molecule has 4 rings (SSSR count). The minimum atomic E-state index is -0.434. The zero-order chi connectivity index (χ0) is 27.3. The molecule has 3 amide bonds. The van der Waals surface area contributed by atoms with E-state index in [1.54, 1.807) is 55.1 Å². The summed E-state index contributed by atoms with van der Waals surface area (Å²) in [5.74, 6) is 3.73. The third-order valence-electron chi connectivity index (χ3n) is 4.75. The normalized spacial score (nSPS) is 9.95. The summed E-state index contributed by atoms with van der Waals surface area (Å²) in [5.41, 5.74) is 3.85. The van der Waals surface area contributed by atoms with Gasteiger partial charge in [-0.25, -0.2) is 10.6 Å². The SMILES string of the molecule is COC(=O)c1ccc(C(=O)NCc2cccnc2)s1.NNC(=O)c1ccc(C(=O)NCc2cccnc2)s1. The van der Waals surface area contributed by atoms with Crippen LogP contribution in [-0.4, -0.2) is 40.8 Å². The first kappa shape index (κ1) is 28.1. The van der Waals surface area contributed by atoms with Crippen LogP contribution in [0.15, 0.2) is 73.3 Å². The van der Waals surface area contributed by atoms with Crippen LogP contribution in [0.4, 0.5) is 0 Å². The van der Waals surface area contributed by atoms with Crippen molar-refractivity contribution in [1.29, 1.82) is 0 Å². The molecule has 0 radical (unpaired) electrons. The number of ether oxygens (including phenoxy) is 1. The largest absolute Gasteiger partial charge is 0.465 e. The van der Waals surface area contributed by atoms with E-state index in [-0.39, 0.29) is 11.8 Å². The fourth-order valence-corrected chi connectivity index (χ4v) is 4.53. The topological polar surface area (TPSA) is 165 Å². The molecule has 0 unspecified atom stereocenters. The Hall–Kier alpha value is -4.46. The molecular weight excluding hydrogens is 528 g/mol. The predicted octanol–water partition coefficient (Wildman–Crippen LogP) is 2.54. The quantitative estimate of drug-likeness (QED) is 0.112. The van der Waals surface area contributed by atoms with Crippen LogP contribution >= 0.6 is 22.7 Å². The van der Waals surface area contributed by atoms with Crippen LogP contribution in [0.1, 0.15) is 49.8 Å². The number of nitrogens with zero attached hydrogens (tertiary/aromatic N) is 2. The lowest BCUT2D eigenvalue weighted by Gasteiger charge is -2.02. The van der Waals surface area contributed by atoms with E-state index in [9.17, 15) is 19.2 Å². The highest BCUT2D eigenvalue weighted by Gasteiger charge is 2.14. The van der Waals surface area contributed by atoms with Gasteiger partial charge in [-0.3, -0.25) is 29.8 Å². The molecule has 4 aromatic rings. The maximum Gasteiger partial charge on any atom is 0.348 e. The zero-order valence-electron chi connectivity index (χ0n) is 20.2. The second-order valence-corrected chi connectivity index (χ2v) is 9.55. The van der Waals surface area contributed by atoms with E-state index in [0.717, 1.165) is 33.8 Å². The van der Waals surface area contributed by atoms with Gasteiger partial charge < -0.3 is 15.4 Å². The first-order chi connectivity index (χ1) is 18.4. The fraction of sp³-hybridized carbons (Fsp3) is 0.120. The van der Waals surface area contributed by atoms with Crippen molar-refractivity contribution in [2.45, 2.75) is 13.1 Å². The summed E-state index contributed by atoms with van der Waals surface area (Å²) in [7, 11) is 1.31. The molecule has 0 fully saturated rings. The molecule has 0 saturated heterocycles. The van der Waals surface area contributed by atoms with Crippen LogP contribution in [0, 0.1) is 0 Å². The number of hydrogen-bond donors (Lipinski definition) is 4. The Morgan fingerprint density at radius 1 is 0.737 bits per heavy atom. The molecule has 0 aliphatic carbocycles. The van der Waals surface area contributed by atoms with E-state index < -0.39 is 11.9 Å². The number of hydrazine groups is 1. The lowest BCUT2D eigenvalue weighted by molar-refractivity contribution is 0.0606. The van der Waals surface area contributed by atoms with Crippen molar-refractivity contribution in [2.24, 2.45) is 5.84 Å². The van der Waals surface area contributed by atoms with Crippen LogP contribution in [-0.2, 0) is 17.8 Å². The Balaban J connectivity index is 0.000000211. The zero-order valence-corrected chi connectivity index (χ0v) is 21.8. The number of methoxy groups -OCH3 is 1. The van der Waals surface area contributed by atoms with E-state index >= 15 is 0 Å².